The molecule has 1 aromatic rings. The van der Waals surface area contributed by atoms with Gasteiger partial charge in [0.05, 0.1) is 5.56 Å². The minimum absolute atomic E-state index is 0.0306. The van der Waals surface area contributed by atoms with E-state index in [2.05, 4.69) is 15.9 Å². The number of hydrogen-bond acceptors (Lipinski definition) is 0. The summed E-state index contributed by atoms with van der Waals surface area (Å²) in [6.07, 6.45) is -4.38. The molecule has 0 nitrogen and oxygen atoms in total. The van der Waals surface area contributed by atoms with Gasteiger partial charge in [0, 0.05) is 9.50 Å². The van der Waals surface area contributed by atoms with Crippen LogP contribution in [0.3, 0.4) is 0 Å². The van der Waals surface area contributed by atoms with E-state index in [1.165, 1.54) is 6.07 Å². The van der Waals surface area contributed by atoms with Gasteiger partial charge in [-0.15, -0.1) is 0 Å². The summed E-state index contributed by atoms with van der Waals surface area (Å²) in [4.78, 5) is 0. The van der Waals surface area contributed by atoms with Crippen molar-refractivity contribution in [3.05, 3.63) is 32.8 Å². The van der Waals surface area contributed by atoms with Crippen molar-refractivity contribution in [1.82, 2.24) is 0 Å². The van der Waals surface area contributed by atoms with Crippen molar-refractivity contribution in [3.63, 3.8) is 0 Å². The number of rotatable bonds is 1. The topological polar surface area (TPSA) is 0 Å². The number of halogens is 5. The molecule has 0 aromatic heterocycles. The number of hydrogen-bond donors (Lipinski definition) is 0. The summed E-state index contributed by atoms with van der Waals surface area (Å²) in [5, 5.41) is 0.153. The summed E-state index contributed by atoms with van der Waals surface area (Å²) in [6, 6.07) is 2.39. The molecule has 0 spiro atoms. The molecule has 0 aliphatic rings. The molecule has 0 radical (unpaired) electrons. The lowest BCUT2D eigenvalue weighted by Gasteiger charge is -2.14. The molecule has 0 saturated carbocycles. The lowest BCUT2D eigenvalue weighted by molar-refractivity contribution is -0.138. The zero-order valence-electron chi connectivity index (χ0n) is 8.12. The maximum Gasteiger partial charge on any atom is 0.417 e. The third-order valence-electron chi connectivity index (χ3n) is 2.01. The Labute approximate surface area is 99.6 Å². The minimum atomic E-state index is -4.38. The van der Waals surface area contributed by atoms with Crippen LogP contribution in [0.4, 0.5) is 13.2 Å². The van der Waals surface area contributed by atoms with E-state index in [0.29, 0.717) is 5.56 Å². The maximum absolute atomic E-state index is 12.5. The average Bonchev–Trinajstić information content (AvgIpc) is 2.06. The fraction of sp³-hybridized carbons (Fsp3) is 0.400. The van der Waals surface area contributed by atoms with Crippen molar-refractivity contribution in [2.45, 2.75) is 25.9 Å². The van der Waals surface area contributed by atoms with E-state index in [1.807, 2.05) is 13.8 Å². The Bertz CT molecular complexity index is 372. The van der Waals surface area contributed by atoms with Crippen LogP contribution in [-0.4, -0.2) is 0 Å². The van der Waals surface area contributed by atoms with E-state index in [-0.39, 0.29) is 15.4 Å². The number of alkyl halides is 3. The minimum Gasteiger partial charge on any atom is -0.166 e. The third-order valence-corrected chi connectivity index (χ3v) is 3.00. The van der Waals surface area contributed by atoms with Crippen LogP contribution in [0.1, 0.15) is 30.9 Å². The molecule has 5 heteroatoms. The van der Waals surface area contributed by atoms with Gasteiger partial charge in [0.15, 0.2) is 0 Å². The van der Waals surface area contributed by atoms with E-state index in [4.69, 9.17) is 11.6 Å². The number of benzene rings is 1. The summed E-state index contributed by atoms with van der Waals surface area (Å²) < 4.78 is 37.4. The van der Waals surface area contributed by atoms with Gasteiger partial charge in [0.1, 0.15) is 0 Å². The van der Waals surface area contributed by atoms with Gasteiger partial charge < -0.3 is 0 Å². The summed E-state index contributed by atoms with van der Waals surface area (Å²) in [7, 11) is 0. The lowest BCUT2D eigenvalue weighted by atomic mass is 10.0. The van der Waals surface area contributed by atoms with E-state index in [1.54, 1.807) is 0 Å². The van der Waals surface area contributed by atoms with E-state index in [9.17, 15) is 13.2 Å². The molecule has 1 aromatic carbocycles. The molecule has 0 bridgehead atoms. The molecule has 0 aliphatic heterocycles. The summed E-state index contributed by atoms with van der Waals surface area (Å²) in [5.41, 5.74) is -0.0339. The van der Waals surface area contributed by atoms with Gasteiger partial charge in [0.2, 0.25) is 0 Å². The molecule has 0 N–H and O–H groups in total. The lowest BCUT2D eigenvalue weighted by Crippen LogP contribution is -2.07. The smallest absolute Gasteiger partial charge is 0.166 e. The standard InChI is InChI=1S/C10H9BrClF3/c1-5(2)6-3-8(11)7(4-9(6)12)10(13,14)15/h3-5H,1-2H3. The first kappa shape index (κ1) is 12.8. The van der Waals surface area contributed by atoms with Crippen LogP contribution in [0.2, 0.25) is 5.02 Å². The first-order valence-corrected chi connectivity index (χ1v) is 5.46. The van der Waals surface area contributed by atoms with Crippen LogP contribution in [0.25, 0.3) is 0 Å². The predicted molar refractivity (Wildman–Crippen MR) is 58.2 cm³/mol. The Morgan fingerprint density at radius 2 is 1.80 bits per heavy atom. The Morgan fingerprint density at radius 3 is 2.20 bits per heavy atom. The highest BCUT2D eigenvalue weighted by atomic mass is 79.9. The van der Waals surface area contributed by atoms with Gasteiger partial charge in [-0.2, -0.15) is 13.2 Å². The van der Waals surface area contributed by atoms with Crippen molar-refractivity contribution in [3.8, 4) is 0 Å². The highest BCUT2D eigenvalue weighted by molar-refractivity contribution is 9.10. The van der Waals surface area contributed by atoms with Crippen LogP contribution < -0.4 is 0 Å². The monoisotopic (exact) mass is 300 g/mol. The van der Waals surface area contributed by atoms with Crippen LogP contribution in [0.5, 0.6) is 0 Å². The molecule has 0 aliphatic carbocycles. The van der Waals surface area contributed by atoms with Gasteiger partial charge in [0.25, 0.3) is 0 Å². The Balaban J connectivity index is 3.32. The fourth-order valence-corrected chi connectivity index (χ4v) is 2.19. The van der Waals surface area contributed by atoms with Gasteiger partial charge in [-0.3, -0.25) is 0 Å². The van der Waals surface area contributed by atoms with Gasteiger partial charge in [-0.25, -0.2) is 0 Å². The van der Waals surface area contributed by atoms with Crippen LogP contribution >= 0.6 is 27.5 Å². The molecule has 0 amide bonds. The molecule has 0 atom stereocenters. The van der Waals surface area contributed by atoms with Crippen molar-refractivity contribution in [2.24, 2.45) is 0 Å². The largest absolute Gasteiger partial charge is 0.417 e. The highest BCUT2D eigenvalue weighted by Crippen LogP contribution is 2.39. The second-order valence-electron chi connectivity index (χ2n) is 3.51. The zero-order chi connectivity index (χ0) is 11.8. The molecule has 15 heavy (non-hydrogen) atoms. The summed E-state index contributed by atoms with van der Waals surface area (Å²) in [6.45, 7) is 3.75. The third kappa shape index (κ3) is 2.88. The molecular formula is C10H9BrClF3. The van der Waals surface area contributed by atoms with Gasteiger partial charge >= 0.3 is 6.18 Å². The molecule has 0 saturated heterocycles. The molecular weight excluding hydrogens is 292 g/mol. The highest BCUT2D eigenvalue weighted by Gasteiger charge is 2.33. The van der Waals surface area contributed by atoms with Crippen LogP contribution in [0.15, 0.2) is 16.6 Å². The van der Waals surface area contributed by atoms with Gasteiger partial charge in [-0.1, -0.05) is 41.4 Å². The SMILES string of the molecule is CC(C)c1cc(Br)c(C(F)(F)F)cc1Cl. The van der Waals surface area contributed by atoms with Crippen LogP contribution in [0, 0.1) is 0 Å². The second-order valence-corrected chi connectivity index (χ2v) is 4.77. The zero-order valence-corrected chi connectivity index (χ0v) is 10.5. The van der Waals surface area contributed by atoms with E-state index >= 15 is 0 Å². The average molecular weight is 302 g/mol. The Morgan fingerprint density at radius 1 is 1.27 bits per heavy atom. The van der Waals surface area contributed by atoms with E-state index < -0.39 is 11.7 Å². The van der Waals surface area contributed by atoms with Crippen molar-refractivity contribution >= 4 is 27.5 Å². The van der Waals surface area contributed by atoms with Gasteiger partial charge in [-0.05, 0) is 23.6 Å². The maximum atomic E-state index is 12.5. The van der Waals surface area contributed by atoms with Crippen molar-refractivity contribution < 1.29 is 13.2 Å². The second kappa shape index (κ2) is 4.34. The molecule has 1 rings (SSSR count). The molecule has 0 fully saturated rings. The van der Waals surface area contributed by atoms with Crippen LogP contribution in [-0.2, 0) is 6.18 Å². The first-order valence-electron chi connectivity index (χ1n) is 4.29. The normalized spacial score (nSPS) is 12.3. The molecule has 84 valence electrons. The van der Waals surface area contributed by atoms with Crippen molar-refractivity contribution in [2.75, 3.05) is 0 Å². The summed E-state index contributed by atoms with van der Waals surface area (Å²) in [5.74, 6) is 0.0936. The fourth-order valence-electron chi connectivity index (χ4n) is 1.22. The predicted octanol–water partition coefficient (Wildman–Crippen LogP) is 5.24. The Kier molecular flexibility index (Phi) is 3.71. The van der Waals surface area contributed by atoms with Crippen molar-refractivity contribution in [1.29, 1.82) is 0 Å². The summed E-state index contributed by atoms with van der Waals surface area (Å²) >= 11 is 8.69. The van der Waals surface area contributed by atoms with E-state index in [0.717, 1.165) is 6.07 Å². The molecule has 0 unspecified atom stereocenters. The Hall–Kier alpha value is -0.220. The first-order chi connectivity index (χ1) is 6.73. The quantitative estimate of drug-likeness (QED) is 0.665. The molecule has 0 heterocycles.